The van der Waals surface area contributed by atoms with E-state index in [-0.39, 0.29) is 17.2 Å². The highest BCUT2D eigenvalue weighted by atomic mass is 19.1. The fraction of sp³-hybridized carbons (Fsp3) is 0.143. The first kappa shape index (κ1) is 18.1. The molecule has 0 fully saturated rings. The van der Waals surface area contributed by atoms with Crippen molar-refractivity contribution in [2.24, 2.45) is 0 Å². The van der Waals surface area contributed by atoms with Crippen molar-refractivity contribution in [3.63, 3.8) is 0 Å². The Bertz CT molecular complexity index is 1200. The Labute approximate surface area is 159 Å². The van der Waals surface area contributed by atoms with Crippen LogP contribution in [0.2, 0.25) is 0 Å². The van der Waals surface area contributed by atoms with Crippen molar-refractivity contribution in [2.75, 3.05) is 0 Å². The number of H-pyrrole nitrogens is 1. The SMILES string of the molecule is Cc1nn(-c2ccc(F)cc2)c2[nH]c(=O)c(CNCc3ccccc3F)cc12. The topological polar surface area (TPSA) is 62.7 Å². The van der Waals surface area contributed by atoms with Crippen LogP contribution >= 0.6 is 0 Å². The predicted molar refractivity (Wildman–Crippen MR) is 103 cm³/mol. The number of nitrogens with zero attached hydrogens (tertiary/aromatic N) is 2. The Morgan fingerprint density at radius 3 is 2.50 bits per heavy atom. The molecule has 4 rings (SSSR count). The fourth-order valence-corrected chi connectivity index (χ4v) is 3.13. The Balaban J connectivity index is 1.62. The summed E-state index contributed by atoms with van der Waals surface area (Å²) in [5, 5.41) is 8.36. The molecule has 0 aliphatic rings. The highest BCUT2D eigenvalue weighted by Crippen LogP contribution is 2.20. The molecule has 7 heteroatoms. The van der Waals surface area contributed by atoms with Crippen molar-refractivity contribution >= 4 is 11.0 Å². The molecule has 0 aliphatic carbocycles. The van der Waals surface area contributed by atoms with Crippen LogP contribution in [0, 0.1) is 18.6 Å². The van der Waals surface area contributed by atoms with Crippen molar-refractivity contribution in [1.29, 1.82) is 0 Å². The van der Waals surface area contributed by atoms with Crippen LogP contribution < -0.4 is 10.9 Å². The standard InChI is InChI=1S/C21H18F2N4O/c1-13-18-10-15(12-24-11-14-4-2-3-5-19(14)23)21(28)25-20(18)27(26-13)17-8-6-16(22)7-9-17/h2-10,24H,11-12H2,1H3,(H,25,28). The van der Waals surface area contributed by atoms with Gasteiger partial charge in [-0.2, -0.15) is 5.10 Å². The maximum atomic E-state index is 13.7. The molecular weight excluding hydrogens is 362 g/mol. The second-order valence-electron chi connectivity index (χ2n) is 6.55. The molecule has 0 saturated heterocycles. The molecule has 2 aromatic carbocycles. The van der Waals surface area contributed by atoms with Crippen molar-refractivity contribution in [3.8, 4) is 5.69 Å². The Morgan fingerprint density at radius 2 is 1.75 bits per heavy atom. The summed E-state index contributed by atoms with van der Waals surface area (Å²) in [4.78, 5) is 15.4. The summed E-state index contributed by atoms with van der Waals surface area (Å²) in [7, 11) is 0. The van der Waals surface area contributed by atoms with Gasteiger partial charge in [0.2, 0.25) is 0 Å². The molecule has 2 aromatic heterocycles. The molecule has 5 nitrogen and oxygen atoms in total. The number of benzene rings is 2. The van der Waals surface area contributed by atoms with E-state index < -0.39 is 0 Å². The zero-order valence-corrected chi connectivity index (χ0v) is 15.2. The number of aryl methyl sites for hydroxylation is 1. The highest BCUT2D eigenvalue weighted by molar-refractivity contribution is 5.80. The molecule has 2 N–H and O–H groups in total. The second kappa shape index (κ2) is 7.36. The van der Waals surface area contributed by atoms with Crippen LogP contribution in [0.25, 0.3) is 16.7 Å². The van der Waals surface area contributed by atoms with Gasteiger partial charge >= 0.3 is 0 Å². The minimum Gasteiger partial charge on any atom is -0.308 e. The van der Waals surface area contributed by atoms with Gasteiger partial charge in [-0.15, -0.1) is 0 Å². The summed E-state index contributed by atoms with van der Waals surface area (Å²) in [6.07, 6.45) is 0. The van der Waals surface area contributed by atoms with Gasteiger partial charge in [0.15, 0.2) is 0 Å². The normalized spacial score (nSPS) is 11.2. The number of hydrogen-bond donors (Lipinski definition) is 2. The maximum Gasteiger partial charge on any atom is 0.254 e. The predicted octanol–water partition coefficient (Wildman–Crippen LogP) is 3.59. The van der Waals surface area contributed by atoms with Gasteiger partial charge in [-0.1, -0.05) is 18.2 Å². The van der Waals surface area contributed by atoms with E-state index in [4.69, 9.17) is 0 Å². The van der Waals surface area contributed by atoms with Crippen LogP contribution in [0.15, 0.2) is 59.4 Å². The van der Waals surface area contributed by atoms with E-state index >= 15 is 0 Å². The number of pyridine rings is 1. The van der Waals surface area contributed by atoms with E-state index in [1.54, 1.807) is 41.1 Å². The van der Waals surface area contributed by atoms with E-state index in [1.165, 1.54) is 18.2 Å². The largest absolute Gasteiger partial charge is 0.308 e. The molecule has 4 aromatic rings. The van der Waals surface area contributed by atoms with E-state index in [0.717, 1.165) is 11.1 Å². The van der Waals surface area contributed by atoms with Crippen molar-refractivity contribution in [1.82, 2.24) is 20.1 Å². The third-order valence-electron chi connectivity index (χ3n) is 4.61. The van der Waals surface area contributed by atoms with E-state index in [2.05, 4.69) is 15.4 Å². The molecule has 0 aliphatic heterocycles. The van der Waals surface area contributed by atoms with Gasteiger partial charge in [-0.05, 0) is 43.3 Å². The lowest BCUT2D eigenvalue weighted by Gasteiger charge is -2.07. The number of nitrogens with one attached hydrogen (secondary N) is 2. The molecule has 0 unspecified atom stereocenters. The monoisotopic (exact) mass is 380 g/mol. The van der Waals surface area contributed by atoms with E-state index in [1.807, 2.05) is 6.92 Å². The number of hydrogen-bond acceptors (Lipinski definition) is 3. The quantitative estimate of drug-likeness (QED) is 0.556. The third-order valence-corrected chi connectivity index (χ3v) is 4.61. The molecule has 0 bridgehead atoms. The summed E-state index contributed by atoms with van der Waals surface area (Å²) >= 11 is 0. The molecule has 2 heterocycles. The summed E-state index contributed by atoms with van der Waals surface area (Å²) in [5.74, 6) is -0.621. The van der Waals surface area contributed by atoms with Gasteiger partial charge in [0.05, 0.1) is 11.4 Å². The molecule has 0 radical (unpaired) electrons. The van der Waals surface area contributed by atoms with Crippen LogP contribution in [-0.2, 0) is 13.1 Å². The van der Waals surface area contributed by atoms with Crippen molar-refractivity contribution in [2.45, 2.75) is 20.0 Å². The zero-order chi connectivity index (χ0) is 19.7. The number of aromatic amines is 1. The summed E-state index contributed by atoms with van der Waals surface area (Å²) in [6.45, 7) is 2.45. The minimum absolute atomic E-state index is 0.253. The zero-order valence-electron chi connectivity index (χ0n) is 15.2. The first-order chi connectivity index (χ1) is 13.5. The van der Waals surface area contributed by atoms with Gasteiger partial charge in [0.25, 0.3) is 5.56 Å². The second-order valence-corrected chi connectivity index (χ2v) is 6.55. The lowest BCUT2D eigenvalue weighted by atomic mass is 10.2. The van der Waals surface area contributed by atoms with Crippen molar-refractivity contribution < 1.29 is 8.78 Å². The Morgan fingerprint density at radius 1 is 1.04 bits per heavy atom. The summed E-state index contributed by atoms with van der Waals surface area (Å²) in [6, 6.07) is 14.2. The number of fused-ring (bicyclic) bond motifs is 1. The van der Waals surface area contributed by atoms with Crippen LogP contribution in [-0.4, -0.2) is 14.8 Å². The Kier molecular flexibility index (Phi) is 4.75. The van der Waals surface area contributed by atoms with Gasteiger partial charge < -0.3 is 10.3 Å². The number of halogens is 2. The molecule has 142 valence electrons. The van der Waals surface area contributed by atoms with Gasteiger partial charge in [-0.3, -0.25) is 4.79 Å². The lowest BCUT2D eigenvalue weighted by Crippen LogP contribution is -2.21. The molecule has 0 amide bonds. The van der Waals surface area contributed by atoms with Gasteiger partial charge in [-0.25, -0.2) is 13.5 Å². The smallest absolute Gasteiger partial charge is 0.254 e. The summed E-state index contributed by atoms with van der Waals surface area (Å²) < 4.78 is 28.5. The fourth-order valence-electron chi connectivity index (χ4n) is 3.13. The first-order valence-corrected chi connectivity index (χ1v) is 8.84. The molecule has 0 saturated carbocycles. The molecule has 0 spiro atoms. The highest BCUT2D eigenvalue weighted by Gasteiger charge is 2.13. The third kappa shape index (κ3) is 3.44. The van der Waals surface area contributed by atoms with E-state index in [9.17, 15) is 13.6 Å². The van der Waals surface area contributed by atoms with Crippen LogP contribution in [0.5, 0.6) is 0 Å². The first-order valence-electron chi connectivity index (χ1n) is 8.84. The van der Waals surface area contributed by atoms with Gasteiger partial charge in [0.1, 0.15) is 17.3 Å². The molecule has 28 heavy (non-hydrogen) atoms. The molecular formula is C21H18F2N4O. The minimum atomic E-state index is -0.339. The summed E-state index contributed by atoms with van der Waals surface area (Å²) in [5.41, 5.74) is 2.76. The number of aromatic nitrogens is 3. The lowest BCUT2D eigenvalue weighted by molar-refractivity contribution is 0.587. The average molecular weight is 380 g/mol. The van der Waals surface area contributed by atoms with Gasteiger partial charge in [0, 0.05) is 29.6 Å². The average Bonchev–Trinajstić information content (AvgIpc) is 3.00. The van der Waals surface area contributed by atoms with E-state index in [0.29, 0.717) is 35.6 Å². The molecule has 0 atom stereocenters. The van der Waals surface area contributed by atoms with Crippen LogP contribution in [0.3, 0.4) is 0 Å². The van der Waals surface area contributed by atoms with Crippen LogP contribution in [0.4, 0.5) is 8.78 Å². The number of rotatable bonds is 5. The van der Waals surface area contributed by atoms with Crippen molar-refractivity contribution in [3.05, 3.63) is 93.4 Å². The maximum absolute atomic E-state index is 13.7. The Hall–Kier alpha value is -3.32. The van der Waals surface area contributed by atoms with Crippen LogP contribution in [0.1, 0.15) is 16.8 Å².